The number of halogens is 1. The molecular weight excluding hydrogens is 366 g/mol. The van der Waals surface area contributed by atoms with Gasteiger partial charge in [-0.3, -0.25) is 4.98 Å². The number of aryl methyl sites for hydroxylation is 2. The van der Waals surface area contributed by atoms with E-state index in [2.05, 4.69) is 56.3 Å². The van der Waals surface area contributed by atoms with Gasteiger partial charge in [0.2, 0.25) is 0 Å². The van der Waals surface area contributed by atoms with Gasteiger partial charge in [0, 0.05) is 27.6 Å². The van der Waals surface area contributed by atoms with Crippen molar-refractivity contribution in [2.75, 3.05) is 0 Å². The van der Waals surface area contributed by atoms with Crippen LogP contribution in [0.1, 0.15) is 11.1 Å². The SMILES string of the molecule is Cc1ccc(-c2nn(-c3ccc(Cl)cc3)c3c2cnc2ccc(C)cc23)cc1. The molecule has 0 N–H and O–H groups in total. The maximum Gasteiger partial charge on any atom is 0.102 e. The highest BCUT2D eigenvalue weighted by molar-refractivity contribution is 6.30. The summed E-state index contributed by atoms with van der Waals surface area (Å²) in [5, 5.41) is 7.85. The molecule has 0 atom stereocenters. The molecule has 0 saturated heterocycles. The fraction of sp³-hybridized carbons (Fsp3) is 0.0833. The second-order valence-electron chi connectivity index (χ2n) is 7.14. The second kappa shape index (κ2) is 6.47. The Morgan fingerprint density at radius 1 is 0.786 bits per heavy atom. The highest BCUT2D eigenvalue weighted by Crippen LogP contribution is 2.34. The molecule has 0 unspecified atom stereocenters. The number of hydrogen-bond acceptors (Lipinski definition) is 2. The molecule has 28 heavy (non-hydrogen) atoms. The van der Waals surface area contributed by atoms with Crippen LogP contribution in [0.3, 0.4) is 0 Å². The second-order valence-corrected chi connectivity index (χ2v) is 7.58. The van der Waals surface area contributed by atoms with Gasteiger partial charge in [0.15, 0.2) is 0 Å². The Hall–Kier alpha value is -3.17. The number of fused-ring (bicyclic) bond motifs is 3. The molecule has 4 heteroatoms. The number of nitrogens with zero attached hydrogens (tertiary/aromatic N) is 3. The van der Waals surface area contributed by atoms with Gasteiger partial charge < -0.3 is 0 Å². The third-order valence-electron chi connectivity index (χ3n) is 5.06. The van der Waals surface area contributed by atoms with Crippen LogP contribution >= 0.6 is 11.6 Å². The minimum Gasteiger partial charge on any atom is -0.255 e. The average molecular weight is 384 g/mol. The maximum absolute atomic E-state index is 6.11. The summed E-state index contributed by atoms with van der Waals surface area (Å²) < 4.78 is 2.00. The summed E-state index contributed by atoms with van der Waals surface area (Å²) in [6.07, 6.45) is 1.93. The number of benzene rings is 3. The molecule has 0 aliphatic rings. The van der Waals surface area contributed by atoms with Crippen molar-refractivity contribution < 1.29 is 0 Å². The lowest BCUT2D eigenvalue weighted by Crippen LogP contribution is -1.97. The molecule has 5 rings (SSSR count). The van der Waals surface area contributed by atoms with Gasteiger partial charge in [-0.15, -0.1) is 0 Å². The first-order chi connectivity index (χ1) is 13.6. The van der Waals surface area contributed by atoms with E-state index >= 15 is 0 Å². The van der Waals surface area contributed by atoms with E-state index < -0.39 is 0 Å². The van der Waals surface area contributed by atoms with Crippen LogP contribution in [0.25, 0.3) is 38.8 Å². The molecule has 0 aliphatic heterocycles. The van der Waals surface area contributed by atoms with Crippen LogP contribution < -0.4 is 0 Å². The van der Waals surface area contributed by atoms with E-state index in [9.17, 15) is 0 Å². The van der Waals surface area contributed by atoms with Crippen LogP contribution in [-0.2, 0) is 0 Å². The zero-order valence-electron chi connectivity index (χ0n) is 15.6. The monoisotopic (exact) mass is 383 g/mol. The van der Waals surface area contributed by atoms with Crippen molar-refractivity contribution in [2.24, 2.45) is 0 Å². The van der Waals surface area contributed by atoms with Crippen molar-refractivity contribution >= 4 is 33.4 Å². The lowest BCUT2D eigenvalue weighted by molar-refractivity contribution is 0.917. The zero-order valence-corrected chi connectivity index (χ0v) is 16.4. The molecule has 0 amide bonds. The quantitative estimate of drug-likeness (QED) is 0.348. The van der Waals surface area contributed by atoms with Gasteiger partial charge in [-0.2, -0.15) is 5.10 Å². The number of hydrogen-bond donors (Lipinski definition) is 0. The van der Waals surface area contributed by atoms with Gasteiger partial charge in [0.1, 0.15) is 5.69 Å². The molecule has 5 aromatic rings. The zero-order chi connectivity index (χ0) is 19.3. The number of pyridine rings is 1. The molecule has 0 bridgehead atoms. The molecule has 0 saturated carbocycles. The third-order valence-corrected chi connectivity index (χ3v) is 5.31. The fourth-order valence-electron chi connectivity index (χ4n) is 3.59. The van der Waals surface area contributed by atoms with Crippen LogP contribution in [0.5, 0.6) is 0 Å². The summed E-state index contributed by atoms with van der Waals surface area (Å²) in [6.45, 7) is 4.19. The van der Waals surface area contributed by atoms with E-state index in [1.165, 1.54) is 11.1 Å². The van der Waals surface area contributed by atoms with Crippen LogP contribution in [0.2, 0.25) is 5.02 Å². The van der Waals surface area contributed by atoms with Crippen molar-refractivity contribution in [2.45, 2.75) is 13.8 Å². The van der Waals surface area contributed by atoms with Gasteiger partial charge in [-0.25, -0.2) is 4.68 Å². The van der Waals surface area contributed by atoms with E-state index in [1.54, 1.807) is 0 Å². The average Bonchev–Trinajstić information content (AvgIpc) is 3.09. The Labute approximate surface area is 168 Å². The Morgan fingerprint density at radius 3 is 2.25 bits per heavy atom. The van der Waals surface area contributed by atoms with Crippen LogP contribution in [0.4, 0.5) is 0 Å². The maximum atomic E-state index is 6.11. The van der Waals surface area contributed by atoms with Crippen LogP contribution in [-0.4, -0.2) is 14.8 Å². The topological polar surface area (TPSA) is 30.7 Å². The first-order valence-corrected chi connectivity index (χ1v) is 9.59. The smallest absolute Gasteiger partial charge is 0.102 e. The van der Waals surface area contributed by atoms with Gasteiger partial charge in [-0.1, -0.05) is 53.1 Å². The Bertz CT molecular complexity index is 1320. The molecular formula is C24H18ClN3. The van der Waals surface area contributed by atoms with Gasteiger partial charge in [-0.05, 0) is 50.2 Å². The molecule has 3 aromatic carbocycles. The first-order valence-electron chi connectivity index (χ1n) is 9.21. The molecule has 2 heterocycles. The minimum atomic E-state index is 0.710. The fourth-order valence-corrected chi connectivity index (χ4v) is 3.72. The molecule has 3 nitrogen and oxygen atoms in total. The van der Waals surface area contributed by atoms with Crippen LogP contribution in [0, 0.1) is 13.8 Å². The van der Waals surface area contributed by atoms with E-state index in [-0.39, 0.29) is 0 Å². The Balaban J connectivity index is 1.90. The predicted molar refractivity (Wildman–Crippen MR) is 116 cm³/mol. The molecule has 0 fully saturated rings. The summed E-state index contributed by atoms with van der Waals surface area (Å²) in [5.41, 5.74) is 7.43. The number of aromatic nitrogens is 3. The summed E-state index contributed by atoms with van der Waals surface area (Å²) in [4.78, 5) is 4.70. The van der Waals surface area contributed by atoms with Crippen molar-refractivity contribution in [3.05, 3.63) is 89.1 Å². The molecule has 0 spiro atoms. The summed E-state index contributed by atoms with van der Waals surface area (Å²) in [6, 6.07) is 22.6. The Morgan fingerprint density at radius 2 is 1.50 bits per heavy atom. The largest absolute Gasteiger partial charge is 0.255 e. The summed E-state index contributed by atoms with van der Waals surface area (Å²) >= 11 is 6.11. The van der Waals surface area contributed by atoms with Crippen LogP contribution in [0.15, 0.2) is 72.9 Å². The Kier molecular flexibility index (Phi) is 3.92. The lowest BCUT2D eigenvalue weighted by atomic mass is 10.0. The van der Waals surface area contributed by atoms with Crippen molar-refractivity contribution in [1.29, 1.82) is 0 Å². The van der Waals surface area contributed by atoms with Gasteiger partial charge in [0.25, 0.3) is 0 Å². The standard InChI is InChI=1S/C24H18ClN3/c1-15-3-6-17(7-4-15)23-21-14-26-22-12-5-16(2)13-20(22)24(21)28(27-23)19-10-8-18(25)9-11-19/h3-14H,1-2H3. The van der Waals surface area contributed by atoms with Crippen molar-refractivity contribution in [3.8, 4) is 16.9 Å². The summed E-state index contributed by atoms with van der Waals surface area (Å²) in [5.74, 6) is 0. The summed E-state index contributed by atoms with van der Waals surface area (Å²) in [7, 11) is 0. The molecule has 0 aliphatic carbocycles. The van der Waals surface area contributed by atoms with E-state index in [4.69, 9.17) is 21.7 Å². The van der Waals surface area contributed by atoms with Gasteiger partial charge in [0.05, 0.1) is 16.7 Å². The third kappa shape index (κ3) is 2.76. The normalized spacial score (nSPS) is 11.4. The van der Waals surface area contributed by atoms with Crippen molar-refractivity contribution in [1.82, 2.24) is 14.8 Å². The molecule has 136 valence electrons. The van der Waals surface area contributed by atoms with Gasteiger partial charge >= 0.3 is 0 Å². The lowest BCUT2D eigenvalue weighted by Gasteiger charge is -2.06. The minimum absolute atomic E-state index is 0.710. The number of rotatable bonds is 2. The molecule has 2 aromatic heterocycles. The van der Waals surface area contributed by atoms with E-state index in [0.717, 1.165) is 38.8 Å². The highest BCUT2D eigenvalue weighted by atomic mass is 35.5. The predicted octanol–water partition coefficient (Wildman–Crippen LogP) is 6.51. The van der Waals surface area contributed by atoms with Crippen molar-refractivity contribution in [3.63, 3.8) is 0 Å². The van der Waals surface area contributed by atoms with E-state index in [1.807, 2.05) is 35.1 Å². The first kappa shape index (κ1) is 17.0. The molecule has 0 radical (unpaired) electrons. The highest BCUT2D eigenvalue weighted by Gasteiger charge is 2.17. The van der Waals surface area contributed by atoms with E-state index in [0.29, 0.717) is 5.02 Å².